The Morgan fingerprint density at radius 1 is 0.692 bits per heavy atom. The van der Waals surface area contributed by atoms with Crippen LogP contribution in [0.25, 0.3) is 0 Å². The molecule has 0 spiro atoms. The zero-order valence-corrected chi connectivity index (χ0v) is 10.5. The highest BCUT2D eigenvalue weighted by molar-refractivity contribution is 4.35. The molecule has 0 aliphatic carbocycles. The highest BCUT2D eigenvalue weighted by Gasteiger charge is 2.27. The molecule has 0 aromatic heterocycles. The molecule has 13 heavy (non-hydrogen) atoms. The topological polar surface area (TPSA) is 9.23 Å². The van der Waals surface area contributed by atoms with Crippen molar-refractivity contribution < 1.29 is 13.7 Å². The Hall–Kier alpha value is -0.120. The van der Waals surface area contributed by atoms with Crippen LogP contribution in [0.15, 0.2) is 0 Å². The number of rotatable bonds is 4. The first-order chi connectivity index (χ1) is 5.55. The highest BCUT2D eigenvalue weighted by atomic mass is 16.5. The van der Waals surface area contributed by atoms with Crippen LogP contribution in [0.3, 0.4) is 0 Å². The second-order valence-electron chi connectivity index (χ2n) is 5.57. The van der Waals surface area contributed by atoms with Gasteiger partial charge in [-0.05, 0) is 0 Å². The van der Waals surface area contributed by atoms with Crippen LogP contribution < -0.4 is 0 Å². The molecule has 0 aliphatic heterocycles. The Kier molecular flexibility index (Phi) is 3.91. The molecule has 80 valence electrons. The molecule has 0 aromatic carbocycles. The number of nitrogens with zero attached hydrogens (tertiary/aromatic N) is 2. The molecule has 0 aliphatic rings. The molecule has 0 heterocycles. The van der Waals surface area contributed by atoms with Gasteiger partial charge in [-0.2, -0.15) is 0 Å². The first kappa shape index (κ1) is 12.9. The standard InChI is InChI=1S/C10H26N2O/c1-9(11(3,4)5)13-10(2)12(6,7)8/h9-10H,1-8H3/q+2. The molecule has 0 saturated carbocycles. The fourth-order valence-corrected chi connectivity index (χ4v) is 0.650. The third-order valence-corrected chi connectivity index (χ3v) is 2.58. The maximum Gasteiger partial charge on any atom is 0.195 e. The monoisotopic (exact) mass is 190 g/mol. The summed E-state index contributed by atoms with van der Waals surface area (Å²) < 4.78 is 7.60. The summed E-state index contributed by atoms with van der Waals surface area (Å²) in [6, 6.07) is 0. The van der Waals surface area contributed by atoms with E-state index in [9.17, 15) is 0 Å². The Morgan fingerprint density at radius 2 is 0.923 bits per heavy atom. The molecule has 0 N–H and O–H groups in total. The van der Waals surface area contributed by atoms with Gasteiger partial charge in [0, 0.05) is 13.8 Å². The molecule has 0 aromatic rings. The van der Waals surface area contributed by atoms with Crippen LogP contribution >= 0.6 is 0 Å². The normalized spacial score (nSPS) is 18.5. The minimum absolute atomic E-state index is 0.229. The van der Waals surface area contributed by atoms with Gasteiger partial charge in [-0.15, -0.1) is 0 Å². The predicted octanol–water partition coefficient (Wildman–Crippen LogP) is 1.11. The van der Waals surface area contributed by atoms with E-state index in [2.05, 4.69) is 56.1 Å². The quantitative estimate of drug-likeness (QED) is 0.476. The van der Waals surface area contributed by atoms with Crippen molar-refractivity contribution in [1.29, 1.82) is 0 Å². The zero-order valence-electron chi connectivity index (χ0n) is 10.5. The maximum atomic E-state index is 5.92. The lowest BCUT2D eigenvalue weighted by Gasteiger charge is -2.37. The molecule has 0 bridgehead atoms. The van der Waals surface area contributed by atoms with Gasteiger partial charge in [0.25, 0.3) is 0 Å². The van der Waals surface area contributed by atoms with Crippen LogP contribution in [-0.2, 0) is 4.74 Å². The number of hydrogen-bond acceptors (Lipinski definition) is 1. The summed E-state index contributed by atoms with van der Waals surface area (Å²) >= 11 is 0. The van der Waals surface area contributed by atoms with Gasteiger partial charge in [-0.25, -0.2) is 0 Å². The van der Waals surface area contributed by atoms with Crippen molar-refractivity contribution in [2.75, 3.05) is 42.3 Å². The lowest BCUT2D eigenvalue weighted by atomic mass is 10.4. The second kappa shape index (κ2) is 3.95. The van der Waals surface area contributed by atoms with E-state index < -0.39 is 0 Å². The maximum absolute atomic E-state index is 5.92. The number of quaternary nitrogens is 2. The van der Waals surface area contributed by atoms with E-state index in [0.29, 0.717) is 0 Å². The smallest absolute Gasteiger partial charge is 0.195 e. The molecule has 3 nitrogen and oxygen atoms in total. The predicted molar refractivity (Wildman–Crippen MR) is 56.1 cm³/mol. The second-order valence-corrected chi connectivity index (χ2v) is 5.57. The van der Waals surface area contributed by atoms with Crippen molar-refractivity contribution in [3.8, 4) is 0 Å². The first-order valence-electron chi connectivity index (χ1n) is 4.83. The van der Waals surface area contributed by atoms with Crippen LogP contribution in [0.2, 0.25) is 0 Å². The molecule has 0 radical (unpaired) electrons. The van der Waals surface area contributed by atoms with Crippen LogP contribution in [0.5, 0.6) is 0 Å². The lowest BCUT2D eigenvalue weighted by Crippen LogP contribution is -2.52. The van der Waals surface area contributed by atoms with Gasteiger partial charge in [0.2, 0.25) is 0 Å². The van der Waals surface area contributed by atoms with Crippen molar-refractivity contribution in [1.82, 2.24) is 0 Å². The Morgan fingerprint density at radius 3 is 1.08 bits per heavy atom. The van der Waals surface area contributed by atoms with Gasteiger partial charge in [-0.3, -0.25) is 4.74 Å². The first-order valence-corrected chi connectivity index (χ1v) is 4.83. The summed E-state index contributed by atoms with van der Waals surface area (Å²) in [5, 5.41) is 0. The molecule has 2 atom stereocenters. The minimum Gasteiger partial charge on any atom is -0.306 e. The van der Waals surface area contributed by atoms with Crippen LogP contribution in [0, 0.1) is 0 Å². The largest absolute Gasteiger partial charge is 0.306 e. The fourth-order valence-electron chi connectivity index (χ4n) is 0.650. The molecule has 0 rings (SSSR count). The van der Waals surface area contributed by atoms with Gasteiger partial charge in [-0.1, -0.05) is 0 Å². The van der Waals surface area contributed by atoms with E-state index in [1.807, 2.05) is 0 Å². The van der Waals surface area contributed by atoms with E-state index in [-0.39, 0.29) is 12.5 Å². The summed E-state index contributed by atoms with van der Waals surface area (Å²) in [4.78, 5) is 0. The van der Waals surface area contributed by atoms with E-state index >= 15 is 0 Å². The van der Waals surface area contributed by atoms with Crippen molar-refractivity contribution in [2.24, 2.45) is 0 Å². The third kappa shape index (κ3) is 4.60. The van der Waals surface area contributed by atoms with Gasteiger partial charge in [0.15, 0.2) is 12.5 Å². The fraction of sp³-hybridized carbons (Fsp3) is 1.00. The minimum atomic E-state index is 0.229. The summed E-state index contributed by atoms with van der Waals surface area (Å²) in [5.41, 5.74) is 0. The Balaban J connectivity index is 4.15. The summed E-state index contributed by atoms with van der Waals surface area (Å²) in [6.45, 7) is 4.23. The van der Waals surface area contributed by atoms with Gasteiger partial charge in [0.1, 0.15) is 0 Å². The Labute approximate surface area is 83.1 Å². The molecule has 0 fully saturated rings. The number of ether oxygens (including phenoxy) is 1. The zero-order chi connectivity index (χ0) is 10.9. The summed E-state index contributed by atoms with van der Waals surface area (Å²) in [6.07, 6.45) is 0.458. The lowest BCUT2D eigenvalue weighted by molar-refractivity contribution is -0.959. The van der Waals surface area contributed by atoms with Crippen molar-refractivity contribution in [2.45, 2.75) is 26.3 Å². The van der Waals surface area contributed by atoms with Crippen LogP contribution in [0.4, 0.5) is 0 Å². The molecular weight excluding hydrogens is 164 g/mol. The van der Waals surface area contributed by atoms with Crippen molar-refractivity contribution in [3.05, 3.63) is 0 Å². The third-order valence-electron chi connectivity index (χ3n) is 2.58. The average molecular weight is 190 g/mol. The van der Waals surface area contributed by atoms with E-state index in [1.165, 1.54) is 0 Å². The Bertz CT molecular complexity index is 137. The molecular formula is C10H26N2O+2. The van der Waals surface area contributed by atoms with E-state index in [1.54, 1.807) is 0 Å². The van der Waals surface area contributed by atoms with E-state index in [4.69, 9.17) is 4.74 Å². The van der Waals surface area contributed by atoms with Gasteiger partial charge in [0.05, 0.1) is 42.3 Å². The van der Waals surface area contributed by atoms with Crippen LogP contribution in [-0.4, -0.2) is 63.7 Å². The van der Waals surface area contributed by atoms with Crippen molar-refractivity contribution >= 4 is 0 Å². The highest BCUT2D eigenvalue weighted by Crippen LogP contribution is 2.11. The average Bonchev–Trinajstić information content (AvgIpc) is 1.82. The van der Waals surface area contributed by atoms with Crippen LogP contribution in [0.1, 0.15) is 13.8 Å². The van der Waals surface area contributed by atoms with E-state index in [0.717, 1.165) is 8.97 Å². The molecule has 0 saturated heterocycles. The SMILES string of the molecule is CC(OC(C)[N+](C)(C)C)[N+](C)(C)C. The summed E-state index contributed by atoms with van der Waals surface area (Å²) in [7, 11) is 12.9. The van der Waals surface area contributed by atoms with Crippen molar-refractivity contribution in [3.63, 3.8) is 0 Å². The summed E-state index contributed by atoms with van der Waals surface area (Å²) in [5.74, 6) is 0. The van der Waals surface area contributed by atoms with Gasteiger partial charge >= 0.3 is 0 Å². The van der Waals surface area contributed by atoms with Gasteiger partial charge < -0.3 is 8.97 Å². The molecule has 3 heteroatoms. The molecule has 0 amide bonds. The molecule has 2 unspecified atom stereocenters. The number of hydrogen-bond donors (Lipinski definition) is 0.